The van der Waals surface area contributed by atoms with E-state index in [1.165, 1.54) is 0 Å². The average Bonchev–Trinajstić information content (AvgIpc) is 2.87. The van der Waals surface area contributed by atoms with Gasteiger partial charge in [-0.2, -0.15) is 0 Å². The number of benzene rings is 1. The van der Waals surface area contributed by atoms with E-state index in [1.54, 1.807) is 13.2 Å². The van der Waals surface area contributed by atoms with Crippen molar-refractivity contribution in [1.82, 2.24) is 0 Å². The van der Waals surface area contributed by atoms with E-state index in [1.807, 2.05) is 30.3 Å². The summed E-state index contributed by atoms with van der Waals surface area (Å²) in [4.78, 5) is 0. The van der Waals surface area contributed by atoms with E-state index in [0.29, 0.717) is 6.61 Å². The Morgan fingerprint density at radius 2 is 2.05 bits per heavy atom. The number of fused-ring (bicyclic) bond motifs is 2. The molecular formula is C16H20O4. The van der Waals surface area contributed by atoms with Gasteiger partial charge in [0.1, 0.15) is 18.3 Å². The van der Waals surface area contributed by atoms with E-state index in [4.69, 9.17) is 18.9 Å². The zero-order valence-corrected chi connectivity index (χ0v) is 11.6. The molecule has 0 radical (unpaired) electrons. The van der Waals surface area contributed by atoms with Crippen molar-refractivity contribution in [1.29, 1.82) is 0 Å². The fourth-order valence-corrected chi connectivity index (χ4v) is 2.79. The Morgan fingerprint density at radius 3 is 2.75 bits per heavy atom. The lowest BCUT2D eigenvalue weighted by Gasteiger charge is -2.33. The summed E-state index contributed by atoms with van der Waals surface area (Å²) in [5.41, 5.74) is 1.14. The molecule has 2 aliphatic rings. The van der Waals surface area contributed by atoms with Crippen LogP contribution in [-0.4, -0.2) is 37.8 Å². The minimum absolute atomic E-state index is 0.0162. The Balaban J connectivity index is 1.64. The summed E-state index contributed by atoms with van der Waals surface area (Å²) in [6.45, 7) is 4.34. The van der Waals surface area contributed by atoms with Crippen molar-refractivity contribution in [2.75, 3.05) is 7.11 Å². The number of methoxy groups -OCH3 is 1. The number of rotatable bonds is 5. The van der Waals surface area contributed by atoms with Gasteiger partial charge in [0.25, 0.3) is 0 Å². The molecule has 0 N–H and O–H groups in total. The van der Waals surface area contributed by atoms with Crippen LogP contribution in [0.3, 0.4) is 0 Å². The van der Waals surface area contributed by atoms with Crippen LogP contribution in [-0.2, 0) is 25.6 Å². The van der Waals surface area contributed by atoms with E-state index < -0.39 is 0 Å². The minimum atomic E-state index is -0.321. The fraction of sp³-hybridized carbons (Fsp3) is 0.500. The van der Waals surface area contributed by atoms with Gasteiger partial charge in [-0.1, -0.05) is 36.4 Å². The van der Waals surface area contributed by atoms with E-state index in [9.17, 15) is 0 Å². The molecule has 4 heteroatoms. The number of hydrogen-bond acceptors (Lipinski definition) is 4. The second-order valence-corrected chi connectivity index (χ2v) is 5.15. The largest absolute Gasteiger partial charge is 0.379 e. The lowest BCUT2D eigenvalue weighted by atomic mass is 10.0. The van der Waals surface area contributed by atoms with Crippen LogP contribution in [0.4, 0.5) is 0 Å². The molecule has 5 unspecified atom stereocenters. The number of ether oxygens (including phenoxy) is 4. The first-order valence-electron chi connectivity index (χ1n) is 6.93. The molecule has 2 bridgehead atoms. The van der Waals surface area contributed by atoms with Crippen LogP contribution in [0.1, 0.15) is 12.0 Å². The first-order valence-corrected chi connectivity index (χ1v) is 6.93. The van der Waals surface area contributed by atoms with E-state index in [-0.39, 0.29) is 30.7 Å². The van der Waals surface area contributed by atoms with Crippen LogP contribution < -0.4 is 0 Å². The summed E-state index contributed by atoms with van der Waals surface area (Å²) in [6, 6.07) is 10.1. The molecule has 1 aromatic carbocycles. The van der Waals surface area contributed by atoms with Gasteiger partial charge in [-0.05, 0) is 5.56 Å². The van der Waals surface area contributed by atoms with Gasteiger partial charge in [0, 0.05) is 13.5 Å². The van der Waals surface area contributed by atoms with Gasteiger partial charge in [0.15, 0.2) is 6.29 Å². The van der Waals surface area contributed by atoms with Gasteiger partial charge < -0.3 is 18.9 Å². The normalized spacial score (nSPS) is 36.0. The molecule has 1 aromatic rings. The summed E-state index contributed by atoms with van der Waals surface area (Å²) in [6.07, 6.45) is 1.92. The average molecular weight is 276 g/mol. The van der Waals surface area contributed by atoms with E-state index in [2.05, 4.69) is 6.58 Å². The molecule has 0 amide bonds. The highest BCUT2D eigenvalue weighted by Gasteiger charge is 2.49. The molecule has 3 rings (SSSR count). The molecule has 108 valence electrons. The molecule has 0 saturated carbocycles. The molecule has 0 spiro atoms. The molecule has 2 fully saturated rings. The van der Waals surface area contributed by atoms with Crippen molar-refractivity contribution in [2.24, 2.45) is 0 Å². The third-order valence-electron chi connectivity index (χ3n) is 3.88. The highest BCUT2D eigenvalue weighted by molar-refractivity contribution is 5.13. The summed E-state index contributed by atoms with van der Waals surface area (Å²) in [7, 11) is 1.70. The molecule has 2 saturated heterocycles. The Hall–Kier alpha value is -1.20. The van der Waals surface area contributed by atoms with Gasteiger partial charge in [0.05, 0.1) is 12.7 Å². The maximum absolute atomic E-state index is 5.96. The zero-order valence-electron chi connectivity index (χ0n) is 11.6. The molecule has 0 aliphatic carbocycles. The first kappa shape index (κ1) is 13.8. The van der Waals surface area contributed by atoms with Crippen molar-refractivity contribution >= 4 is 0 Å². The molecule has 20 heavy (non-hydrogen) atoms. The molecule has 0 aromatic heterocycles. The fourth-order valence-electron chi connectivity index (χ4n) is 2.79. The first-order chi connectivity index (χ1) is 9.81. The van der Waals surface area contributed by atoms with E-state index in [0.717, 1.165) is 12.0 Å². The zero-order chi connectivity index (χ0) is 13.9. The minimum Gasteiger partial charge on any atom is -0.379 e. The van der Waals surface area contributed by atoms with E-state index >= 15 is 0 Å². The van der Waals surface area contributed by atoms with Gasteiger partial charge in [-0.3, -0.25) is 0 Å². The van der Waals surface area contributed by atoms with Crippen molar-refractivity contribution in [2.45, 2.75) is 43.7 Å². The second kappa shape index (κ2) is 6.06. The standard InChI is InChI=1S/C16H20O4/c1-3-12-15-13(17-2)9-14(16(19-12)20-15)18-10-11-7-5-4-6-8-11/h3-8,12-16H,1,9-10H2,2H3. The van der Waals surface area contributed by atoms with Crippen molar-refractivity contribution in [3.63, 3.8) is 0 Å². The van der Waals surface area contributed by atoms with Gasteiger partial charge in [0.2, 0.25) is 0 Å². The Morgan fingerprint density at radius 1 is 1.25 bits per heavy atom. The smallest absolute Gasteiger partial charge is 0.185 e. The van der Waals surface area contributed by atoms with Crippen LogP contribution in [0.2, 0.25) is 0 Å². The summed E-state index contributed by atoms with van der Waals surface area (Å²) in [5.74, 6) is 0. The Kier molecular flexibility index (Phi) is 4.17. The van der Waals surface area contributed by atoms with Crippen molar-refractivity contribution in [3.05, 3.63) is 48.6 Å². The van der Waals surface area contributed by atoms with Crippen molar-refractivity contribution < 1.29 is 18.9 Å². The van der Waals surface area contributed by atoms with Crippen molar-refractivity contribution in [3.8, 4) is 0 Å². The monoisotopic (exact) mass is 276 g/mol. The molecule has 2 aliphatic heterocycles. The highest BCUT2D eigenvalue weighted by atomic mass is 16.8. The molecular weight excluding hydrogens is 256 g/mol. The maximum Gasteiger partial charge on any atom is 0.185 e. The molecule has 4 nitrogen and oxygen atoms in total. The van der Waals surface area contributed by atoms with Gasteiger partial charge in [-0.25, -0.2) is 0 Å². The third-order valence-corrected chi connectivity index (χ3v) is 3.88. The lowest BCUT2D eigenvalue weighted by molar-refractivity contribution is -0.205. The Bertz CT molecular complexity index is 447. The summed E-state index contributed by atoms with van der Waals surface area (Å²) < 4.78 is 23.1. The van der Waals surface area contributed by atoms with Gasteiger partial charge >= 0.3 is 0 Å². The predicted octanol–water partition coefficient (Wildman–Crippen LogP) is 2.29. The molecule has 5 atom stereocenters. The van der Waals surface area contributed by atoms with Crippen LogP contribution >= 0.6 is 0 Å². The predicted molar refractivity (Wildman–Crippen MR) is 74.2 cm³/mol. The topological polar surface area (TPSA) is 36.9 Å². The van der Waals surface area contributed by atoms with Gasteiger partial charge in [-0.15, -0.1) is 6.58 Å². The number of hydrogen-bond donors (Lipinski definition) is 0. The van der Waals surface area contributed by atoms with Crippen LogP contribution in [0, 0.1) is 0 Å². The SMILES string of the molecule is C=CC1OC2OC1C(OC)CC2OCc1ccccc1. The summed E-state index contributed by atoms with van der Waals surface area (Å²) >= 11 is 0. The third kappa shape index (κ3) is 2.65. The highest BCUT2D eigenvalue weighted by Crippen LogP contribution is 2.35. The quantitative estimate of drug-likeness (QED) is 0.773. The molecule has 2 heterocycles. The maximum atomic E-state index is 5.96. The van der Waals surface area contributed by atoms with Crippen LogP contribution in [0.25, 0.3) is 0 Å². The lowest BCUT2D eigenvalue weighted by Crippen LogP contribution is -2.45. The Labute approximate surface area is 119 Å². The van der Waals surface area contributed by atoms with Crippen LogP contribution in [0.15, 0.2) is 43.0 Å². The van der Waals surface area contributed by atoms with Crippen LogP contribution in [0.5, 0.6) is 0 Å². The second-order valence-electron chi connectivity index (χ2n) is 5.15. The summed E-state index contributed by atoms with van der Waals surface area (Å²) in [5, 5.41) is 0.